The first kappa shape index (κ1) is 16.2. The van der Waals surface area contributed by atoms with Crippen molar-refractivity contribution >= 4 is 17.5 Å². The molecule has 0 aromatic heterocycles. The van der Waals surface area contributed by atoms with Crippen LogP contribution < -0.4 is 15.4 Å². The van der Waals surface area contributed by atoms with E-state index in [4.69, 9.17) is 4.74 Å². The average Bonchev–Trinajstić information content (AvgIpc) is 2.41. The number of amides is 2. The molecule has 1 unspecified atom stereocenters. The van der Waals surface area contributed by atoms with Gasteiger partial charge in [-0.25, -0.2) is 8.78 Å². The summed E-state index contributed by atoms with van der Waals surface area (Å²) in [6.45, 7) is 3.35. The number of methoxy groups -OCH3 is 1. The van der Waals surface area contributed by atoms with Gasteiger partial charge < -0.3 is 10.1 Å². The number of nitrogens with one attached hydrogen (secondary N) is 2. The molecule has 1 heterocycles. The predicted molar refractivity (Wildman–Crippen MR) is 76.8 cm³/mol. The van der Waals surface area contributed by atoms with Crippen molar-refractivity contribution in [1.29, 1.82) is 0 Å². The molecule has 2 rings (SSSR count). The molecule has 1 aromatic carbocycles. The Morgan fingerprint density at radius 3 is 2.59 bits per heavy atom. The SMILES string of the molecule is COc1c(NC2CCC(=O)NC2=O)cc(F)c(C(C)C)c1F. The van der Waals surface area contributed by atoms with E-state index in [1.165, 1.54) is 7.11 Å². The van der Waals surface area contributed by atoms with Gasteiger partial charge in [0.25, 0.3) is 0 Å². The van der Waals surface area contributed by atoms with Gasteiger partial charge in [0.05, 0.1) is 12.8 Å². The molecule has 1 aliphatic rings. The molecule has 0 bridgehead atoms. The highest BCUT2D eigenvalue weighted by Gasteiger charge is 2.29. The Morgan fingerprint density at radius 1 is 1.36 bits per heavy atom. The number of ether oxygens (including phenoxy) is 1. The lowest BCUT2D eigenvalue weighted by atomic mass is 10.00. The van der Waals surface area contributed by atoms with Crippen LogP contribution in [0.1, 0.15) is 38.2 Å². The molecule has 7 heteroatoms. The Bertz CT molecular complexity index is 617. The fourth-order valence-electron chi connectivity index (χ4n) is 2.47. The number of benzene rings is 1. The van der Waals surface area contributed by atoms with Crippen LogP contribution in [0.5, 0.6) is 5.75 Å². The fourth-order valence-corrected chi connectivity index (χ4v) is 2.47. The Labute approximate surface area is 127 Å². The van der Waals surface area contributed by atoms with Gasteiger partial charge in [-0.05, 0) is 12.3 Å². The summed E-state index contributed by atoms with van der Waals surface area (Å²) in [6, 6.07) is 0.372. The Morgan fingerprint density at radius 2 is 2.05 bits per heavy atom. The monoisotopic (exact) mass is 312 g/mol. The summed E-state index contributed by atoms with van der Waals surface area (Å²) in [6.07, 6.45) is 0.420. The first-order valence-electron chi connectivity index (χ1n) is 7.01. The van der Waals surface area contributed by atoms with Crippen molar-refractivity contribution in [3.05, 3.63) is 23.3 Å². The minimum Gasteiger partial charge on any atom is -0.492 e. The van der Waals surface area contributed by atoms with Gasteiger partial charge in [-0.1, -0.05) is 13.8 Å². The van der Waals surface area contributed by atoms with Gasteiger partial charge in [0, 0.05) is 18.1 Å². The lowest BCUT2D eigenvalue weighted by Crippen LogP contribution is -2.47. The van der Waals surface area contributed by atoms with E-state index in [1.807, 2.05) is 0 Å². The van der Waals surface area contributed by atoms with Crippen molar-refractivity contribution in [2.75, 3.05) is 12.4 Å². The second-order valence-electron chi connectivity index (χ2n) is 5.47. The van der Waals surface area contributed by atoms with E-state index in [2.05, 4.69) is 10.6 Å². The van der Waals surface area contributed by atoms with Crippen molar-refractivity contribution in [2.24, 2.45) is 0 Å². The summed E-state index contributed by atoms with van der Waals surface area (Å²) in [4.78, 5) is 22.8. The van der Waals surface area contributed by atoms with Gasteiger partial charge in [0.2, 0.25) is 11.8 Å². The van der Waals surface area contributed by atoms with E-state index in [-0.39, 0.29) is 41.7 Å². The number of rotatable bonds is 4. The third-order valence-corrected chi connectivity index (χ3v) is 3.56. The van der Waals surface area contributed by atoms with Crippen LogP contribution in [0.4, 0.5) is 14.5 Å². The van der Waals surface area contributed by atoms with E-state index in [0.29, 0.717) is 0 Å². The Balaban J connectivity index is 2.35. The molecule has 2 amide bonds. The molecule has 2 N–H and O–H groups in total. The second kappa shape index (κ2) is 6.29. The minimum absolute atomic E-state index is 0.0522. The van der Waals surface area contributed by atoms with Gasteiger partial charge in [-0.3, -0.25) is 14.9 Å². The number of carbonyl (C=O) groups is 2. The zero-order valence-corrected chi connectivity index (χ0v) is 12.6. The van der Waals surface area contributed by atoms with E-state index < -0.39 is 23.6 Å². The third kappa shape index (κ3) is 3.03. The van der Waals surface area contributed by atoms with Crippen molar-refractivity contribution in [1.82, 2.24) is 5.32 Å². The second-order valence-corrected chi connectivity index (χ2v) is 5.47. The summed E-state index contributed by atoms with van der Waals surface area (Å²) < 4.78 is 33.5. The Kier molecular flexibility index (Phi) is 4.63. The van der Waals surface area contributed by atoms with Crippen molar-refractivity contribution < 1.29 is 23.1 Å². The van der Waals surface area contributed by atoms with Crippen LogP contribution in [0.15, 0.2) is 6.07 Å². The van der Waals surface area contributed by atoms with Crippen LogP contribution >= 0.6 is 0 Å². The van der Waals surface area contributed by atoms with Crippen LogP contribution in [-0.4, -0.2) is 25.0 Å². The van der Waals surface area contributed by atoms with Gasteiger partial charge in [-0.15, -0.1) is 0 Å². The smallest absolute Gasteiger partial charge is 0.249 e. The number of imide groups is 1. The molecule has 0 aliphatic carbocycles. The van der Waals surface area contributed by atoms with Crippen molar-refractivity contribution in [3.8, 4) is 5.75 Å². The first-order chi connectivity index (χ1) is 10.3. The predicted octanol–water partition coefficient (Wildman–Crippen LogP) is 2.31. The van der Waals surface area contributed by atoms with Crippen LogP contribution in [0.25, 0.3) is 0 Å². The van der Waals surface area contributed by atoms with Crippen molar-refractivity contribution in [2.45, 2.75) is 38.6 Å². The molecule has 0 saturated carbocycles. The zero-order valence-electron chi connectivity index (χ0n) is 12.6. The molecule has 5 nitrogen and oxygen atoms in total. The highest BCUT2D eigenvalue weighted by molar-refractivity contribution is 6.01. The highest BCUT2D eigenvalue weighted by Crippen LogP contribution is 2.36. The maximum Gasteiger partial charge on any atom is 0.249 e. The molecule has 120 valence electrons. The number of piperidine rings is 1. The topological polar surface area (TPSA) is 67.4 Å². The van der Waals surface area contributed by atoms with E-state index in [0.717, 1.165) is 6.07 Å². The number of halogens is 2. The van der Waals surface area contributed by atoms with E-state index >= 15 is 0 Å². The van der Waals surface area contributed by atoms with Gasteiger partial charge >= 0.3 is 0 Å². The molecule has 1 atom stereocenters. The summed E-state index contributed by atoms with van der Waals surface area (Å²) in [7, 11) is 1.27. The largest absolute Gasteiger partial charge is 0.492 e. The van der Waals surface area contributed by atoms with E-state index in [9.17, 15) is 18.4 Å². The highest BCUT2D eigenvalue weighted by atomic mass is 19.1. The zero-order chi connectivity index (χ0) is 16.4. The molecule has 0 radical (unpaired) electrons. The molecule has 0 spiro atoms. The number of hydrogen-bond acceptors (Lipinski definition) is 4. The quantitative estimate of drug-likeness (QED) is 0.837. The van der Waals surface area contributed by atoms with Crippen LogP contribution in [0.2, 0.25) is 0 Å². The molecule has 1 aromatic rings. The van der Waals surface area contributed by atoms with Gasteiger partial charge in [-0.2, -0.15) is 0 Å². The third-order valence-electron chi connectivity index (χ3n) is 3.56. The van der Waals surface area contributed by atoms with Gasteiger partial charge in [0.15, 0.2) is 11.6 Å². The normalized spacial score (nSPS) is 18.4. The minimum atomic E-state index is -0.785. The Hall–Kier alpha value is -2.18. The van der Waals surface area contributed by atoms with E-state index in [1.54, 1.807) is 13.8 Å². The number of carbonyl (C=O) groups excluding carboxylic acids is 2. The molecule has 1 fully saturated rings. The molecule has 1 saturated heterocycles. The summed E-state index contributed by atoms with van der Waals surface area (Å²) in [5.41, 5.74) is -0.0120. The van der Waals surface area contributed by atoms with Crippen LogP contribution in [-0.2, 0) is 9.59 Å². The average molecular weight is 312 g/mol. The number of anilines is 1. The summed E-state index contributed by atoms with van der Waals surface area (Å²) in [5.74, 6) is -2.86. The first-order valence-corrected chi connectivity index (χ1v) is 7.01. The lowest BCUT2D eigenvalue weighted by molar-refractivity contribution is -0.133. The molecule has 22 heavy (non-hydrogen) atoms. The fraction of sp³-hybridized carbons (Fsp3) is 0.467. The van der Waals surface area contributed by atoms with Crippen molar-refractivity contribution in [3.63, 3.8) is 0 Å². The molecule has 1 aliphatic heterocycles. The van der Waals surface area contributed by atoms with Crippen LogP contribution in [0, 0.1) is 11.6 Å². The maximum absolute atomic E-state index is 14.4. The molecular weight excluding hydrogens is 294 g/mol. The maximum atomic E-state index is 14.4. The van der Waals surface area contributed by atoms with Gasteiger partial charge in [0.1, 0.15) is 11.9 Å². The summed E-state index contributed by atoms with van der Waals surface area (Å²) >= 11 is 0. The van der Waals surface area contributed by atoms with Crippen LogP contribution in [0.3, 0.4) is 0 Å². The number of hydrogen-bond donors (Lipinski definition) is 2. The lowest BCUT2D eigenvalue weighted by Gasteiger charge is -2.24. The summed E-state index contributed by atoms with van der Waals surface area (Å²) in [5, 5.41) is 4.93. The molecular formula is C15H18F2N2O3. The standard InChI is InChI=1S/C15H18F2N2O3/c1-7(2)12-8(16)6-10(14(22-3)13(12)17)18-9-4-5-11(20)19-15(9)21/h6-7,9,18H,4-5H2,1-3H3,(H,19,20,21).